The lowest BCUT2D eigenvalue weighted by Gasteiger charge is -2.09. The summed E-state index contributed by atoms with van der Waals surface area (Å²) in [5.74, 6) is -0.403. The fraction of sp³-hybridized carbons (Fsp3) is 0.176. The van der Waals surface area contributed by atoms with E-state index in [0.29, 0.717) is 5.02 Å². The molecule has 0 heterocycles. The van der Waals surface area contributed by atoms with Crippen molar-refractivity contribution in [3.63, 3.8) is 0 Å². The minimum absolute atomic E-state index is 0.0200. The number of aryl methyl sites for hydroxylation is 1. The van der Waals surface area contributed by atoms with E-state index in [1.807, 2.05) is 31.2 Å². The highest BCUT2D eigenvalue weighted by molar-refractivity contribution is 7.99. The van der Waals surface area contributed by atoms with Gasteiger partial charge in [-0.15, -0.1) is 11.8 Å². The Hall–Kier alpha value is -1.98. The Balaban J connectivity index is 1.94. The van der Waals surface area contributed by atoms with Gasteiger partial charge in [-0.05, 0) is 36.2 Å². The van der Waals surface area contributed by atoms with Crippen molar-refractivity contribution in [2.75, 3.05) is 11.1 Å². The van der Waals surface area contributed by atoms with E-state index in [2.05, 4.69) is 5.32 Å². The summed E-state index contributed by atoms with van der Waals surface area (Å²) < 4.78 is 0. The Morgan fingerprint density at radius 2 is 1.96 bits per heavy atom. The van der Waals surface area contributed by atoms with Gasteiger partial charge in [0.15, 0.2) is 0 Å². The quantitative estimate of drug-likeness (QED) is 0.819. The summed E-state index contributed by atoms with van der Waals surface area (Å²) in [4.78, 5) is 23.2. The zero-order valence-corrected chi connectivity index (χ0v) is 14.1. The van der Waals surface area contributed by atoms with Crippen LogP contribution in [-0.4, -0.2) is 22.7 Å². The molecule has 0 radical (unpaired) electrons. The van der Waals surface area contributed by atoms with E-state index in [4.69, 9.17) is 16.7 Å². The Bertz CT molecular complexity index is 734. The van der Waals surface area contributed by atoms with Crippen LogP contribution in [-0.2, 0) is 10.5 Å². The third kappa shape index (κ3) is 5.01. The molecule has 0 bridgehead atoms. The number of amides is 1. The monoisotopic (exact) mass is 349 g/mol. The molecule has 23 heavy (non-hydrogen) atoms. The smallest absolute Gasteiger partial charge is 0.337 e. The van der Waals surface area contributed by atoms with Gasteiger partial charge < -0.3 is 10.4 Å². The average molecular weight is 350 g/mol. The zero-order chi connectivity index (χ0) is 16.8. The largest absolute Gasteiger partial charge is 0.478 e. The first kappa shape index (κ1) is 17.4. The van der Waals surface area contributed by atoms with Crippen molar-refractivity contribution in [2.45, 2.75) is 12.7 Å². The summed E-state index contributed by atoms with van der Waals surface area (Å²) in [6.45, 7) is 2.03. The molecule has 1 amide bonds. The number of carbonyl (C=O) groups is 2. The number of benzene rings is 2. The minimum atomic E-state index is -1.11. The molecule has 2 rings (SSSR count). The highest BCUT2D eigenvalue weighted by atomic mass is 35.5. The molecule has 0 spiro atoms. The van der Waals surface area contributed by atoms with Crippen LogP contribution in [0, 0.1) is 6.92 Å². The molecule has 2 N–H and O–H groups in total. The van der Waals surface area contributed by atoms with Crippen LogP contribution in [0.1, 0.15) is 21.5 Å². The molecule has 4 nitrogen and oxygen atoms in total. The van der Waals surface area contributed by atoms with Crippen molar-refractivity contribution in [3.05, 3.63) is 64.2 Å². The lowest BCUT2D eigenvalue weighted by molar-refractivity contribution is -0.113. The summed E-state index contributed by atoms with van der Waals surface area (Å²) in [6.07, 6.45) is 0. The second kappa shape index (κ2) is 8.04. The van der Waals surface area contributed by atoms with Gasteiger partial charge in [0.25, 0.3) is 0 Å². The average Bonchev–Trinajstić information content (AvgIpc) is 2.49. The summed E-state index contributed by atoms with van der Waals surface area (Å²) >= 11 is 7.33. The highest BCUT2D eigenvalue weighted by Crippen LogP contribution is 2.22. The second-order valence-corrected chi connectivity index (χ2v) is 6.38. The molecule has 2 aromatic carbocycles. The minimum Gasteiger partial charge on any atom is -0.478 e. The number of hydrogen-bond donors (Lipinski definition) is 2. The topological polar surface area (TPSA) is 66.4 Å². The molecule has 0 aromatic heterocycles. The number of hydrogen-bond acceptors (Lipinski definition) is 3. The number of carboxylic acids is 1. The lowest BCUT2D eigenvalue weighted by atomic mass is 10.1. The van der Waals surface area contributed by atoms with Crippen LogP contribution >= 0.6 is 23.4 Å². The number of carboxylic acid groups (broad SMARTS) is 1. The molecule has 0 aliphatic carbocycles. The Kier molecular flexibility index (Phi) is 6.07. The molecule has 0 saturated carbocycles. The van der Waals surface area contributed by atoms with Gasteiger partial charge in [0.05, 0.1) is 17.0 Å². The molecule has 0 saturated heterocycles. The predicted octanol–water partition coefficient (Wildman–Crippen LogP) is 4.22. The van der Waals surface area contributed by atoms with Crippen molar-refractivity contribution < 1.29 is 14.7 Å². The van der Waals surface area contributed by atoms with Crippen molar-refractivity contribution in [3.8, 4) is 0 Å². The number of carbonyl (C=O) groups excluding carboxylic acids is 1. The maximum atomic E-state index is 12.0. The Labute approximate surface area is 143 Å². The van der Waals surface area contributed by atoms with E-state index in [0.717, 1.165) is 5.75 Å². The van der Waals surface area contributed by atoms with Crippen LogP contribution in [0.3, 0.4) is 0 Å². The van der Waals surface area contributed by atoms with Crippen LogP contribution in [0.4, 0.5) is 5.69 Å². The van der Waals surface area contributed by atoms with Crippen molar-refractivity contribution in [1.82, 2.24) is 0 Å². The van der Waals surface area contributed by atoms with E-state index < -0.39 is 5.97 Å². The van der Waals surface area contributed by atoms with E-state index in [9.17, 15) is 9.59 Å². The van der Waals surface area contributed by atoms with E-state index >= 15 is 0 Å². The summed E-state index contributed by atoms with van der Waals surface area (Å²) in [5, 5.41) is 12.1. The normalized spacial score (nSPS) is 10.3. The van der Waals surface area contributed by atoms with Crippen LogP contribution < -0.4 is 5.32 Å². The maximum Gasteiger partial charge on any atom is 0.337 e. The third-order valence-electron chi connectivity index (χ3n) is 3.24. The summed E-state index contributed by atoms with van der Waals surface area (Å²) in [6, 6.07) is 12.3. The summed E-state index contributed by atoms with van der Waals surface area (Å²) in [7, 11) is 0. The van der Waals surface area contributed by atoms with Gasteiger partial charge in [0, 0.05) is 10.8 Å². The second-order valence-electron chi connectivity index (χ2n) is 4.96. The molecule has 6 heteroatoms. The zero-order valence-electron chi connectivity index (χ0n) is 12.5. The first-order valence-electron chi connectivity index (χ1n) is 6.92. The number of anilines is 1. The molecular formula is C17H16ClNO3S. The number of nitrogens with one attached hydrogen (secondary N) is 1. The molecule has 0 atom stereocenters. The molecule has 120 valence electrons. The molecule has 0 unspecified atom stereocenters. The van der Waals surface area contributed by atoms with Crippen LogP contribution in [0.2, 0.25) is 5.02 Å². The van der Waals surface area contributed by atoms with Gasteiger partial charge in [0.2, 0.25) is 5.91 Å². The van der Waals surface area contributed by atoms with E-state index in [-0.39, 0.29) is 22.9 Å². The van der Waals surface area contributed by atoms with Gasteiger partial charge in [-0.2, -0.15) is 0 Å². The van der Waals surface area contributed by atoms with Crippen molar-refractivity contribution >= 4 is 40.9 Å². The van der Waals surface area contributed by atoms with Gasteiger partial charge in [-0.25, -0.2) is 4.79 Å². The highest BCUT2D eigenvalue weighted by Gasteiger charge is 2.13. The fourth-order valence-corrected chi connectivity index (χ4v) is 3.09. The molecule has 0 fully saturated rings. The molecule has 0 aliphatic rings. The number of thioether (sulfide) groups is 1. The van der Waals surface area contributed by atoms with E-state index in [1.54, 1.807) is 0 Å². The maximum absolute atomic E-state index is 12.0. The predicted molar refractivity (Wildman–Crippen MR) is 94.4 cm³/mol. The first-order chi connectivity index (χ1) is 11.0. The van der Waals surface area contributed by atoms with Gasteiger partial charge in [-0.3, -0.25) is 4.79 Å². The lowest BCUT2D eigenvalue weighted by Crippen LogP contribution is -2.16. The Morgan fingerprint density at radius 3 is 2.65 bits per heavy atom. The Morgan fingerprint density at radius 1 is 1.22 bits per heavy atom. The SMILES string of the molecule is Cc1ccccc1CSCC(=O)Nc1cc(Cl)ccc1C(=O)O. The van der Waals surface area contributed by atoms with E-state index in [1.165, 1.54) is 41.1 Å². The van der Waals surface area contributed by atoms with Crippen LogP contribution in [0.5, 0.6) is 0 Å². The van der Waals surface area contributed by atoms with Gasteiger partial charge in [0.1, 0.15) is 0 Å². The van der Waals surface area contributed by atoms with Crippen LogP contribution in [0.25, 0.3) is 0 Å². The number of rotatable bonds is 6. The van der Waals surface area contributed by atoms with Crippen LogP contribution in [0.15, 0.2) is 42.5 Å². The van der Waals surface area contributed by atoms with Crippen molar-refractivity contribution in [2.24, 2.45) is 0 Å². The summed E-state index contributed by atoms with van der Waals surface area (Å²) in [5.41, 5.74) is 2.60. The fourth-order valence-electron chi connectivity index (χ4n) is 2.02. The first-order valence-corrected chi connectivity index (χ1v) is 8.45. The molecule has 2 aromatic rings. The molecule has 0 aliphatic heterocycles. The number of halogens is 1. The van der Waals surface area contributed by atoms with Gasteiger partial charge in [-0.1, -0.05) is 35.9 Å². The standard InChI is InChI=1S/C17H16ClNO3S/c1-11-4-2-3-5-12(11)9-23-10-16(20)19-15-8-13(18)6-7-14(15)17(21)22/h2-8H,9-10H2,1H3,(H,19,20)(H,21,22). The third-order valence-corrected chi connectivity index (χ3v) is 4.45. The molecular weight excluding hydrogens is 334 g/mol. The van der Waals surface area contributed by atoms with Gasteiger partial charge >= 0.3 is 5.97 Å². The number of aromatic carboxylic acids is 1. The van der Waals surface area contributed by atoms with Crippen molar-refractivity contribution in [1.29, 1.82) is 0 Å².